The van der Waals surface area contributed by atoms with E-state index >= 15 is 0 Å². The normalized spacial score (nSPS) is 9.93. The summed E-state index contributed by atoms with van der Waals surface area (Å²) in [6.07, 6.45) is -1.90. The smallest absolute Gasteiger partial charge is 0.275 e. The Hall–Kier alpha value is -1.54. The number of aromatic nitrogens is 1. The van der Waals surface area contributed by atoms with Gasteiger partial charge in [-0.05, 0) is 17.7 Å². The van der Waals surface area contributed by atoms with E-state index in [0.29, 0.717) is 0 Å². The Morgan fingerprint density at radius 1 is 1.64 bits per heavy atom. The standard InChI is InChI=1S/C8H3ClF2N2O/c9-7(14)5-4(3-12)1-2-13-6(5)8(10)11/h1-2,8H. The van der Waals surface area contributed by atoms with Crippen LogP contribution in [0.15, 0.2) is 12.3 Å². The molecule has 0 unspecified atom stereocenters. The molecule has 0 radical (unpaired) electrons. The van der Waals surface area contributed by atoms with Crippen molar-refractivity contribution in [3.63, 3.8) is 0 Å². The third-order valence-corrected chi connectivity index (χ3v) is 1.69. The molecule has 0 saturated carbocycles. The number of nitrogens with zero attached hydrogens (tertiary/aromatic N) is 2. The molecule has 1 rings (SSSR count). The SMILES string of the molecule is N#Cc1ccnc(C(F)F)c1C(=O)Cl. The molecule has 6 heteroatoms. The van der Waals surface area contributed by atoms with Gasteiger partial charge < -0.3 is 0 Å². The van der Waals surface area contributed by atoms with Crippen LogP contribution in [-0.2, 0) is 0 Å². The van der Waals surface area contributed by atoms with E-state index in [1.54, 1.807) is 6.07 Å². The second-order valence-corrected chi connectivity index (χ2v) is 2.65. The van der Waals surface area contributed by atoms with Gasteiger partial charge in [0.25, 0.3) is 11.7 Å². The van der Waals surface area contributed by atoms with Crippen LogP contribution in [0.5, 0.6) is 0 Å². The van der Waals surface area contributed by atoms with Gasteiger partial charge in [0.2, 0.25) is 0 Å². The van der Waals surface area contributed by atoms with Crippen LogP contribution in [-0.4, -0.2) is 10.2 Å². The predicted molar refractivity (Wildman–Crippen MR) is 44.1 cm³/mol. The first kappa shape index (κ1) is 10.5. The number of rotatable bonds is 2. The van der Waals surface area contributed by atoms with Crippen LogP contribution in [0.4, 0.5) is 8.78 Å². The van der Waals surface area contributed by atoms with E-state index in [1.807, 2.05) is 0 Å². The molecule has 0 N–H and O–H groups in total. The van der Waals surface area contributed by atoms with Crippen molar-refractivity contribution < 1.29 is 13.6 Å². The molecule has 0 aliphatic rings. The zero-order chi connectivity index (χ0) is 10.7. The van der Waals surface area contributed by atoms with Gasteiger partial charge in [-0.3, -0.25) is 9.78 Å². The number of carbonyl (C=O) groups excluding carboxylic acids is 1. The first-order chi connectivity index (χ1) is 6.57. The van der Waals surface area contributed by atoms with Crippen molar-refractivity contribution in [2.75, 3.05) is 0 Å². The first-order valence-electron chi connectivity index (χ1n) is 3.45. The van der Waals surface area contributed by atoms with Crippen LogP contribution >= 0.6 is 11.6 Å². The van der Waals surface area contributed by atoms with E-state index in [0.717, 1.165) is 12.3 Å². The van der Waals surface area contributed by atoms with Gasteiger partial charge in [0.15, 0.2) is 0 Å². The van der Waals surface area contributed by atoms with Crippen LogP contribution in [0.2, 0.25) is 0 Å². The average Bonchev–Trinajstić information content (AvgIpc) is 2.16. The second kappa shape index (κ2) is 4.11. The number of nitriles is 1. The van der Waals surface area contributed by atoms with Crippen molar-refractivity contribution in [3.8, 4) is 6.07 Å². The van der Waals surface area contributed by atoms with Gasteiger partial charge in [-0.1, -0.05) is 0 Å². The molecular formula is C8H3ClF2N2O. The number of carbonyl (C=O) groups is 1. The summed E-state index contributed by atoms with van der Waals surface area (Å²) in [7, 11) is 0. The summed E-state index contributed by atoms with van der Waals surface area (Å²) in [5.74, 6) is 0. The van der Waals surface area contributed by atoms with Gasteiger partial charge in [0, 0.05) is 6.20 Å². The first-order valence-corrected chi connectivity index (χ1v) is 3.82. The van der Waals surface area contributed by atoms with Gasteiger partial charge in [-0.15, -0.1) is 0 Å². The highest BCUT2D eigenvalue weighted by molar-refractivity contribution is 6.68. The van der Waals surface area contributed by atoms with E-state index in [2.05, 4.69) is 4.98 Å². The molecular weight excluding hydrogens is 214 g/mol. The molecule has 0 aliphatic heterocycles. The molecule has 0 aliphatic carbocycles. The molecule has 14 heavy (non-hydrogen) atoms. The third kappa shape index (κ3) is 1.86. The number of alkyl halides is 2. The molecule has 3 nitrogen and oxygen atoms in total. The zero-order valence-electron chi connectivity index (χ0n) is 6.67. The summed E-state index contributed by atoms with van der Waals surface area (Å²) in [6, 6.07) is 2.75. The summed E-state index contributed by atoms with van der Waals surface area (Å²) in [5.41, 5.74) is -1.48. The van der Waals surface area contributed by atoms with Crippen LogP contribution in [0, 0.1) is 11.3 Å². The van der Waals surface area contributed by atoms with Crippen LogP contribution < -0.4 is 0 Å². The highest BCUT2D eigenvalue weighted by Crippen LogP contribution is 2.24. The van der Waals surface area contributed by atoms with Crippen molar-refractivity contribution in [2.24, 2.45) is 0 Å². The maximum absolute atomic E-state index is 12.3. The molecule has 72 valence electrons. The fourth-order valence-electron chi connectivity index (χ4n) is 0.943. The van der Waals surface area contributed by atoms with E-state index in [-0.39, 0.29) is 5.56 Å². The van der Waals surface area contributed by atoms with E-state index < -0.39 is 22.9 Å². The lowest BCUT2D eigenvalue weighted by Gasteiger charge is -2.04. The molecule has 0 fully saturated rings. The molecule has 0 saturated heterocycles. The van der Waals surface area contributed by atoms with Crippen molar-refractivity contribution in [1.29, 1.82) is 5.26 Å². The highest BCUT2D eigenvalue weighted by atomic mass is 35.5. The number of pyridine rings is 1. The number of hydrogen-bond acceptors (Lipinski definition) is 3. The van der Waals surface area contributed by atoms with Crippen molar-refractivity contribution >= 4 is 16.8 Å². The molecule has 0 bridgehead atoms. The van der Waals surface area contributed by atoms with Gasteiger partial charge in [0.1, 0.15) is 11.8 Å². The summed E-state index contributed by atoms with van der Waals surface area (Å²) in [5, 5.41) is 7.43. The highest BCUT2D eigenvalue weighted by Gasteiger charge is 2.21. The Labute approximate surface area is 82.9 Å². The van der Waals surface area contributed by atoms with E-state index in [1.165, 1.54) is 0 Å². The quantitative estimate of drug-likeness (QED) is 0.713. The summed E-state index contributed by atoms with van der Waals surface area (Å²) >= 11 is 5.07. The Balaban J connectivity index is 3.45. The maximum Gasteiger partial charge on any atom is 0.281 e. The van der Waals surface area contributed by atoms with Crippen LogP contribution in [0.1, 0.15) is 28.0 Å². The van der Waals surface area contributed by atoms with Gasteiger partial charge in [-0.2, -0.15) is 5.26 Å². The average molecular weight is 217 g/mol. The molecule has 0 atom stereocenters. The number of hydrogen-bond donors (Lipinski definition) is 0. The van der Waals surface area contributed by atoms with E-state index in [9.17, 15) is 13.6 Å². The van der Waals surface area contributed by atoms with Gasteiger partial charge in [-0.25, -0.2) is 8.78 Å². The lowest BCUT2D eigenvalue weighted by Crippen LogP contribution is -2.04. The molecule has 1 heterocycles. The van der Waals surface area contributed by atoms with Gasteiger partial charge >= 0.3 is 0 Å². The molecule has 0 spiro atoms. The minimum absolute atomic E-state index is 0.199. The fourth-order valence-corrected chi connectivity index (χ4v) is 1.14. The lowest BCUT2D eigenvalue weighted by molar-refractivity contribution is 0.106. The Morgan fingerprint density at radius 3 is 2.71 bits per heavy atom. The Kier molecular flexibility index (Phi) is 3.10. The van der Waals surface area contributed by atoms with Gasteiger partial charge in [0.05, 0.1) is 11.1 Å². The monoisotopic (exact) mass is 216 g/mol. The summed E-state index contributed by atoms with van der Waals surface area (Å²) in [6.45, 7) is 0. The second-order valence-electron chi connectivity index (χ2n) is 2.30. The lowest BCUT2D eigenvalue weighted by atomic mass is 10.1. The minimum Gasteiger partial charge on any atom is -0.275 e. The summed E-state index contributed by atoms with van der Waals surface area (Å²) < 4.78 is 24.6. The topological polar surface area (TPSA) is 53.8 Å². The Morgan fingerprint density at radius 2 is 2.29 bits per heavy atom. The fraction of sp³-hybridized carbons (Fsp3) is 0.125. The van der Waals surface area contributed by atoms with Crippen LogP contribution in [0.3, 0.4) is 0 Å². The Bertz CT molecular complexity index is 414. The minimum atomic E-state index is -2.93. The molecule has 1 aromatic rings. The van der Waals surface area contributed by atoms with Crippen molar-refractivity contribution in [2.45, 2.75) is 6.43 Å². The van der Waals surface area contributed by atoms with Crippen molar-refractivity contribution in [3.05, 3.63) is 29.1 Å². The molecule has 0 amide bonds. The maximum atomic E-state index is 12.3. The van der Waals surface area contributed by atoms with E-state index in [4.69, 9.17) is 16.9 Å². The molecule has 1 aromatic heterocycles. The van der Waals surface area contributed by atoms with Crippen molar-refractivity contribution in [1.82, 2.24) is 4.98 Å². The predicted octanol–water partition coefficient (Wildman–Crippen LogP) is 2.27. The third-order valence-electron chi connectivity index (χ3n) is 1.50. The summed E-state index contributed by atoms with van der Waals surface area (Å²) in [4.78, 5) is 14.1. The largest absolute Gasteiger partial charge is 0.281 e. The van der Waals surface area contributed by atoms with Crippen LogP contribution in [0.25, 0.3) is 0 Å². The zero-order valence-corrected chi connectivity index (χ0v) is 7.42. The number of halogens is 3. The molecule has 0 aromatic carbocycles.